The van der Waals surface area contributed by atoms with Crippen molar-refractivity contribution in [1.29, 1.82) is 0 Å². The third-order valence-corrected chi connectivity index (χ3v) is 4.09. The Kier molecular flexibility index (Phi) is 5.64. The molecule has 2 aromatic rings. The summed E-state index contributed by atoms with van der Waals surface area (Å²) in [5.41, 5.74) is 2.32. The molecule has 0 aliphatic carbocycles. The summed E-state index contributed by atoms with van der Waals surface area (Å²) in [5.74, 6) is -0.327. The predicted molar refractivity (Wildman–Crippen MR) is 91.3 cm³/mol. The van der Waals surface area contributed by atoms with E-state index in [-0.39, 0.29) is 16.0 Å². The normalized spacial score (nSPS) is 10.3. The number of carbonyl (C=O) groups excluding carboxylic acids is 1. The molecule has 1 aromatic carbocycles. The quantitative estimate of drug-likeness (QED) is 0.456. The topological polar surface area (TPSA) is 97.2 Å². The van der Waals surface area contributed by atoms with Crippen LogP contribution in [0.3, 0.4) is 0 Å². The molecule has 0 radical (unpaired) electrons. The average molecular weight is 334 g/mol. The Bertz CT molecular complexity index is 714. The number of nitrogens with zero attached hydrogens (tertiary/aromatic N) is 2. The SMILES string of the molecule is CCCCNc1ccc(C(=O)Nc2ncc([N+](=O)[O-])s2)c(C)c1. The molecule has 1 aromatic heterocycles. The third-order valence-electron chi connectivity index (χ3n) is 3.22. The molecule has 7 nitrogen and oxygen atoms in total. The number of rotatable bonds is 7. The molecule has 0 saturated heterocycles. The van der Waals surface area contributed by atoms with Crippen LogP contribution in [0, 0.1) is 17.0 Å². The monoisotopic (exact) mass is 334 g/mol. The van der Waals surface area contributed by atoms with Crippen LogP contribution >= 0.6 is 11.3 Å². The van der Waals surface area contributed by atoms with Crippen molar-refractivity contribution in [3.8, 4) is 0 Å². The first kappa shape index (κ1) is 16.9. The van der Waals surface area contributed by atoms with Crippen LogP contribution in [0.25, 0.3) is 0 Å². The highest BCUT2D eigenvalue weighted by atomic mass is 32.1. The van der Waals surface area contributed by atoms with Crippen molar-refractivity contribution >= 4 is 33.1 Å². The summed E-state index contributed by atoms with van der Waals surface area (Å²) < 4.78 is 0. The van der Waals surface area contributed by atoms with E-state index in [1.807, 2.05) is 19.1 Å². The molecular weight excluding hydrogens is 316 g/mol. The fourth-order valence-corrected chi connectivity index (χ4v) is 2.64. The van der Waals surface area contributed by atoms with Crippen molar-refractivity contribution in [2.24, 2.45) is 0 Å². The van der Waals surface area contributed by atoms with E-state index in [9.17, 15) is 14.9 Å². The number of unbranched alkanes of at least 4 members (excludes halogenated alkanes) is 1. The Labute approximate surface area is 137 Å². The first-order chi connectivity index (χ1) is 11.0. The number of benzene rings is 1. The molecule has 0 atom stereocenters. The molecule has 2 rings (SSSR count). The fourth-order valence-electron chi connectivity index (χ4n) is 2.01. The summed E-state index contributed by atoms with van der Waals surface area (Å²) >= 11 is 0.832. The first-order valence-corrected chi connectivity index (χ1v) is 8.09. The highest BCUT2D eigenvalue weighted by Gasteiger charge is 2.15. The van der Waals surface area contributed by atoms with Crippen molar-refractivity contribution in [1.82, 2.24) is 4.98 Å². The number of nitro groups is 1. The van der Waals surface area contributed by atoms with Gasteiger partial charge in [-0.3, -0.25) is 20.2 Å². The van der Waals surface area contributed by atoms with Gasteiger partial charge in [-0.1, -0.05) is 13.3 Å². The van der Waals surface area contributed by atoms with Gasteiger partial charge in [0.25, 0.3) is 5.91 Å². The molecule has 0 saturated carbocycles. The first-order valence-electron chi connectivity index (χ1n) is 7.27. The summed E-state index contributed by atoms with van der Waals surface area (Å²) in [4.78, 5) is 26.2. The number of thiazole rings is 1. The highest BCUT2D eigenvalue weighted by Crippen LogP contribution is 2.26. The molecule has 0 aliphatic rings. The Morgan fingerprint density at radius 2 is 2.22 bits per heavy atom. The number of aryl methyl sites for hydroxylation is 1. The van der Waals surface area contributed by atoms with Gasteiger partial charge in [-0.15, -0.1) is 0 Å². The number of hydrogen-bond donors (Lipinski definition) is 2. The minimum absolute atomic E-state index is 0.104. The molecular formula is C15H18N4O3S. The standard InChI is InChI=1S/C15H18N4O3S/c1-3-4-7-16-11-5-6-12(10(2)8-11)14(20)18-15-17-9-13(23-15)19(21)22/h5-6,8-9,16H,3-4,7H2,1-2H3,(H,17,18,20). The van der Waals surface area contributed by atoms with Crippen LogP contribution in [-0.2, 0) is 0 Å². The maximum absolute atomic E-state index is 12.3. The Balaban J connectivity index is 2.05. The third kappa shape index (κ3) is 4.49. The van der Waals surface area contributed by atoms with Crippen molar-refractivity contribution in [2.45, 2.75) is 26.7 Å². The Morgan fingerprint density at radius 1 is 1.43 bits per heavy atom. The van der Waals surface area contributed by atoms with Gasteiger partial charge in [0.1, 0.15) is 6.20 Å². The lowest BCUT2D eigenvalue weighted by Gasteiger charge is -2.10. The molecule has 1 amide bonds. The summed E-state index contributed by atoms with van der Waals surface area (Å²) in [6.07, 6.45) is 3.34. The Morgan fingerprint density at radius 3 is 2.83 bits per heavy atom. The molecule has 23 heavy (non-hydrogen) atoms. The number of aromatic nitrogens is 1. The van der Waals surface area contributed by atoms with E-state index in [4.69, 9.17) is 0 Å². The summed E-state index contributed by atoms with van der Waals surface area (Å²) in [5, 5.41) is 16.6. The zero-order valence-electron chi connectivity index (χ0n) is 13.0. The summed E-state index contributed by atoms with van der Waals surface area (Å²) in [6.45, 7) is 4.87. The second-order valence-corrected chi connectivity index (χ2v) is 6.03. The lowest BCUT2D eigenvalue weighted by atomic mass is 10.1. The number of nitrogens with one attached hydrogen (secondary N) is 2. The number of hydrogen-bond acceptors (Lipinski definition) is 6. The molecule has 8 heteroatoms. The van der Waals surface area contributed by atoms with Crippen LogP contribution in [0.1, 0.15) is 35.7 Å². The number of amides is 1. The van der Waals surface area contributed by atoms with Crippen LogP contribution in [0.15, 0.2) is 24.4 Å². The van der Waals surface area contributed by atoms with Crippen molar-refractivity contribution in [3.63, 3.8) is 0 Å². The smallest absolute Gasteiger partial charge is 0.345 e. The van der Waals surface area contributed by atoms with Gasteiger partial charge in [0.05, 0.1) is 4.92 Å². The lowest BCUT2D eigenvalue weighted by molar-refractivity contribution is -0.380. The van der Waals surface area contributed by atoms with Crippen molar-refractivity contribution in [2.75, 3.05) is 17.2 Å². The van der Waals surface area contributed by atoms with Crippen molar-refractivity contribution in [3.05, 3.63) is 45.6 Å². The van der Waals surface area contributed by atoms with Gasteiger partial charge in [0, 0.05) is 17.8 Å². The molecule has 0 aliphatic heterocycles. The van der Waals surface area contributed by atoms with E-state index in [0.717, 1.165) is 48.2 Å². The van der Waals surface area contributed by atoms with Crippen LogP contribution in [0.4, 0.5) is 15.8 Å². The van der Waals surface area contributed by atoms with Gasteiger partial charge in [-0.05, 0) is 48.4 Å². The maximum Gasteiger partial charge on any atom is 0.345 e. The average Bonchev–Trinajstić information content (AvgIpc) is 2.96. The van der Waals surface area contributed by atoms with E-state index in [1.165, 1.54) is 0 Å². The summed E-state index contributed by atoms with van der Waals surface area (Å²) in [6, 6.07) is 5.50. The molecule has 0 fully saturated rings. The van der Waals surface area contributed by atoms with Crippen LogP contribution in [0.2, 0.25) is 0 Å². The second kappa shape index (κ2) is 7.68. The van der Waals surface area contributed by atoms with E-state index in [0.29, 0.717) is 5.56 Å². The number of anilines is 2. The molecule has 0 spiro atoms. The van der Waals surface area contributed by atoms with E-state index in [2.05, 4.69) is 22.5 Å². The van der Waals surface area contributed by atoms with Gasteiger partial charge < -0.3 is 5.32 Å². The zero-order chi connectivity index (χ0) is 16.8. The van der Waals surface area contributed by atoms with Gasteiger partial charge in [0.15, 0.2) is 5.13 Å². The molecule has 0 unspecified atom stereocenters. The van der Waals surface area contributed by atoms with Gasteiger partial charge in [-0.25, -0.2) is 4.98 Å². The second-order valence-electron chi connectivity index (χ2n) is 5.02. The largest absolute Gasteiger partial charge is 0.385 e. The minimum atomic E-state index is -0.532. The summed E-state index contributed by atoms with van der Waals surface area (Å²) in [7, 11) is 0. The molecule has 1 heterocycles. The van der Waals surface area contributed by atoms with Crippen LogP contribution in [-0.4, -0.2) is 22.4 Å². The van der Waals surface area contributed by atoms with Crippen molar-refractivity contribution < 1.29 is 9.72 Å². The van der Waals surface area contributed by atoms with Gasteiger partial charge >= 0.3 is 5.00 Å². The molecule has 0 bridgehead atoms. The molecule has 2 N–H and O–H groups in total. The number of carbonyl (C=O) groups is 1. The van der Waals surface area contributed by atoms with E-state index >= 15 is 0 Å². The minimum Gasteiger partial charge on any atom is -0.385 e. The van der Waals surface area contributed by atoms with E-state index < -0.39 is 4.92 Å². The van der Waals surface area contributed by atoms with Crippen LogP contribution in [0.5, 0.6) is 0 Å². The zero-order valence-corrected chi connectivity index (χ0v) is 13.8. The van der Waals surface area contributed by atoms with Gasteiger partial charge in [-0.2, -0.15) is 0 Å². The lowest BCUT2D eigenvalue weighted by Crippen LogP contribution is -2.13. The fraction of sp³-hybridized carbons (Fsp3) is 0.333. The van der Waals surface area contributed by atoms with E-state index in [1.54, 1.807) is 6.07 Å². The predicted octanol–water partition coefficient (Wildman–Crippen LogP) is 3.82. The van der Waals surface area contributed by atoms with Gasteiger partial charge in [0.2, 0.25) is 0 Å². The van der Waals surface area contributed by atoms with Crippen LogP contribution < -0.4 is 10.6 Å². The highest BCUT2D eigenvalue weighted by molar-refractivity contribution is 7.18. The molecule has 122 valence electrons. The maximum atomic E-state index is 12.3. The Hall–Kier alpha value is -2.48.